The Bertz CT molecular complexity index is 293. The third-order valence-corrected chi connectivity index (χ3v) is 2.88. The highest BCUT2D eigenvalue weighted by molar-refractivity contribution is 5.29. The van der Waals surface area contributed by atoms with E-state index in [-0.39, 0.29) is 0 Å². The van der Waals surface area contributed by atoms with Crippen molar-refractivity contribution in [1.29, 1.82) is 0 Å². The first-order chi connectivity index (χ1) is 7.90. The first kappa shape index (κ1) is 11.3. The molecule has 0 amide bonds. The fourth-order valence-electron chi connectivity index (χ4n) is 1.90. The van der Waals surface area contributed by atoms with E-state index in [1.807, 2.05) is 6.07 Å². The zero-order valence-electron chi connectivity index (χ0n) is 9.84. The summed E-state index contributed by atoms with van der Waals surface area (Å²) in [6, 6.07) is 1.86. The van der Waals surface area contributed by atoms with Gasteiger partial charge in [-0.3, -0.25) is 4.90 Å². The highest BCUT2D eigenvalue weighted by Gasteiger charge is 2.17. The molecule has 0 unspecified atom stereocenters. The molecule has 1 saturated heterocycles. The first-order valence-corrected chi connectivity index (χ1v) is 5.96. The zero-order valence-corrected chi connectivity index (χ0v) is 9.84. The molecule has 2 rings (SSSR count). The van der Waals surface area contributed by atoms with E-state index in [1.54, 1.807) is 12.4 Å². The second-order valence-electron chi connectivity index (χ2n) is 4.03. The summed E-state index contributed by atoms with van der Waals surface area (Å²) >= 11 is 0. The predicted molar refractivity (Wildman–Crippen MR) is 65.3 cm³/mol. The minimum atomic E-state index is 0.863. The van der Waals surface area contributed by atoms with Crippen LogP contribution < -0.4 is 4.90 Å². The number of unbranched alkanes of at least 4 members (excludes halogenated alkanes) is 1. The molecule has 1 aliphatic heterocycles. The van der Waals surface area contributed by atoms with Crippen LogP contribution in [-0.4, -0.2) is 47.6 Å². The Balaban J connectivity index is 1.81. The van der Waals surface area contributed by atoms with Crippen molar-refractivity contribution in [3.8, 4) is 0 Å². The van der Waals surface area contributed by atoms with Crippen molar-refractivity contribution >= 4 is 5.95 Å². The SMILES string of the molecule is CC[CH]CN1CCN(c2ncccn2)CC1. The summed E-state index contributed by atoms with van der Waals surface area (Å²) < 4.78 is 0. The summed E-state index contributed by atoms with van der Waals surface area (Å²) in [6.45, 7) is 7.57. The van der Waals surface area contributed by atoms with E-state index < -0.39 is 0 Å². The number of anilines is 1. The van der Waals surface area contributed by atoms with Crippen LogP contribution in [0.3, 0.4) is 0 Å². The summed E-state index contributed by atoms with van der Waals surface area (Å²) in [4.78, 5) is 13.3. The van der Waals surface area contributed by atoms with Gasteiger partial charge in [0.25, 0.3) is 0 Å². The maximum atomic E-state index is 4.28. The van der Waals surface area contributed by atoms with Gasteiger partial charge in [-0.1, -0.05) is 13.3 Å². The lowest BCUT2D eigenvalue weighted by Crippen LogP contribution is -2.47. The zero-order chi connectivity index (χ0) is 11.2. The first-order valence-electron chi connectivity index (χ1n) is 5.96. The molecule has 1 aromatic rings. The van der Waals surface area contributed by atoms with Crippen molar-refractivity contribution in [2.75, 3.05) is 37.6 Å². The minimum Gasteiger partial charge on any atom is -0.338 e. The molecule has 4 heteroatoms. The molecule has 0 N–H and O–H groups in total. The third-order valence-electron chi connectivity index (χ3n) is 2.88. The van der Waals surface area contributed by atoms with Crippen molar-refractivity contribution < 1.29 is 0 Å². The molecule has 0 aromatic carbocycles. The number of nitrogens with zero attached hydrogens (tertiary/aromatic N) is 4. The van der Waals surface area contributed by atoms with E-state index in [9.17, 15) is 0 Å². The van der Waals surface area contributed by atoms with E-state index in [0.717, 1.165) is 45.1 Å². The number of hydrogen-bond acceptors (Lipinski definition) is 4. The molecule has 1 aliphatic rings. The van der Waals surface area contributed by atoms with Gasteiger partial charge in [-0.05, 0) is 12.5 Å². The van der Waals surface area contributed by atoms with Crippen LogP contribution in [0.1, 0.15) is 13.3 Å². The molecule has 0 spiro atoms. The summed E-state index contributed by atoms with van der Waals surface area (Å²) in [5.41, 5.74) is 0. The second-order valence-corrected chi connectivity index (χ2v) is 4.03. The summed E-state index contributed by atoms with van der Waals surface area (Å²) in [5.74, 6) is 0.863. The number of hydrogen-bond donors (Lipinski definition) is 0. The Morgan fingerprint density at radius 1 is 1.19 bits per heavy atom. The highest BCUT2D eigenvalue weighted by atomic mass is 15.3. The van der Waals surface area contributed by atoms with Crippen LogP contribution in [0.5, 0.6) is 0 Å². The summed E-state index contributed by atoms with van der Waals surface area (Å²) in [6.07, 6.45) is 7.09. The van der Waals surface area contributed by atoms with E-state index in [4.69, 9.17) is 0 Å². The van der Waals surface area contributed by atoms with Crippen LogP contribution in [0.15, 0.2) is 18.5 Å². The van der Waals surface area contributed by atoms with Crippen molar-refractivity contribution in [2.45, 2.75) is 13.3 Å². The number of aromatic nitrogens is 2. The fraction of sp³-hybridized carbons (Fsp3) is 0.583. The Kier molecular flexibility index (Phi) is 4.10. The molecule has 1 aromatic heterocycles. The summed E-state index contributed by atoms with van der Waals surface area (Å²) in [7, 11) is 0. The largest absolute Gasteiger partial charge is 0.338 e. The van der Waals surface area contributed by atoms with Gasteiger partial charge in [-0.2, -0.15) is 0 Å². The lowest BCUT2D eigenvalue weighted by atomic mass is 10.2. The molecule has 0 saturated carbocycles. The van der Waals surface area contributed by atoms with Crippen molar-refractivity contribution in [3.05, 3.63) is 24.9 Å². The van der Waals surface area contributed by atoms with Crippen LogP contribution >= 0.6 is 0 Å². The lowest BCUT2D eigenvalue weighted by Gasteiger charge is -2.34. The fourth-order valence-corrected chi connectivity index (χ4v) is 1.90. The highest BCUT2D eigenvalue weighted by Crippen LogP contribution is 2.09. The molecule has 87 valence electrons. The normalized spacial score (nSPS) is 17.7. The Morgan fingerprint density at radius 2 is 1.88 bits per heavy atom. The van der Waals surface area contributed by atoms with Gasteiger partial charge in [-0.25, -0.2) is 9.97 Å². The molecule has 4 nitrogen and oxygen atoms in total. The van der Waals surface area contributed by atoms with Gasteiger partial charge in [0.1, 0.15) is 0 Å². The molecule has 16 heavy (non-hydrogen) atoms. The predicted octanol–water partition coefficient (Wildman–Crippen LogP) is 1.21. The number of piperazine rings is 1. The lowest BCUT2D eigenvalue weighted by molar-refractivity contribution is 0.273. The van der Waals surface area contributed by atoms with Crippen molar-refractivity contribution in [2.24, 2.45) is 0 Å². The van der Waals surface area contributed by atoms with Gasteiger partial charge in [0.05, 0.1) is 0 Å². The quantitative estimate of drug-likeness (QED) is 0.762. The monoisotopic (exact) mass is 219 g/mol. The minimum absolute atomic E-state index is 0.863. The molecule has 0 atom stereocenters. The summed E-state index contributed by atoms with van der Waals surface area (Å²) in [5, 5.41) is 0. The van der Waals surface area contributed by atoms with Gasteiger partial charge >= 0.3 is 0 Å². The Labute approximate surface area is 97.3 Å². The van der Waals surface area contributed by atoms with Gasteiger partial charge < -0.3 is 4.90 Å². The maximum Gasteiger partial charge on any atom is 0.225 e. The van der Waals surface area contributed by atoms with Crippen LogP contribution in [0.25, 0.3) is 0 Å². The van der Waals surface area contributed by atoms with Gasteiger partial charge in [0, 0.05) is 45.1 Å². The van der Waals surface area contributed by atoms with Crippen LogP contribution in [0, 0.1) is 6.42 Å². The van der Waals surface area contributed by atoms with E-state index >= 15 is 0 Å². The molecule has 1 fully saturated rings. The van der Waals surface area contributed by atoms with Gasteiger partial charge in [0.2, 0.25) is 5.95 Å². The maximum absolute atomic E-state index is 4.28. The van der Waals surface area contributed by atoms with E-state index in [1.165, 1.54) is 0 Å². The standard InChI is InChI=1S/C12H19N4/c1-2-3-7-15-8-10-16(11-9-15)12-13-5-4-6-14-12/h3-6H,2,7-11H2,1H3. The molecule has 0 bridgehead atoms. The molecular formula is C12H19N4. The molecule has 0 aliphatic carbocycles. The Hall–Kier alpha value is -1.16. The third kappa shape index (κ3) is 2.92. The average molecular weight is 219 g/mol. The Morgan fingerprint density at radius 3 is 2.50 bits per heavy atom. The number of rotatable bonds is 4. The van der Waals surface area contributed by atoms with Crippen LogP contribution in [-0.2, 0) is 0 Å². The van der Waals surface area contributed by atoms with E-state index in [2.05, 4.69) is 33.1 Å². The van der Waals surface area contributed by atoms with E-state index in [0.29, 0.717) is 0 Å². The van der Waals surface area contributed by atoms with Gasteiger partial charge in [-0.15, -0.1) is 0 Å². The second kappa shape index (κ2) is 5.80. The van der Waals surface area contributed by atoms with Crippen molar-refractivity contribution in [1.82, 2.24) is 14.9 Å². The smallest absolute Gasteiger partial charge is 0.225 e. The molecule has 1 radical (unpaired) electrons. The van der Waals surface area contributed by atoms with Gasteiger partial charge in [0.15, 0.2) is 0 Å². The molecular weight excluding hydrogens is 200 g/mol. The molecule has 2 heterocycles. The average Bonchev–Trinajstić information content (AvgIpc) is 2.38. The van der Waals surface area contributed by atoms with Crippen LogP contribution in [0.2, 0.25) is 0 Å². The topological polar surface area (TPSA) is 32.3 Å². The van der Waals surface area contributed by atoms with Crippen molar-refractivity contribution in [3.63, 3.8) is 0 Å². The van der Waals surface area contributed by atoms with Crippen LogP contribution in [0.4, 0.5) is 5.95 Å².